The van der Waals surface area contributed by atoms with Gasteiger partial charge in [-0.05, 0) is 43.5 Å². The fourth-order valence-corrected chi connectivity index (χ4v) is 1.87. The van der Waals surface area contributed by atoms with E-state index < -0.39 is 6.04 Å². The third kappa shape index (κ3) is 5.10. The molecule has 0 saturated carbocycles. The third-order valence-corrected chi connectivity index (χ3v) is 3.19. The Bertz CT molecular complexity index is 512. The molecule has 21 heavy (non-hydrogen) atoms. The molecule has 5 nitrogen and oxygen atoms in total. The van der Waals surface area contributed by atoms with Crippen molar-refractivity contribution in [1.82, 2.24) is 10.6 Å². The molecule has 1 unspecified atom stereocenters. The Morgan fingerprint density at radius 3 is 2.38 bits per heavy atom. The maximum Gasteiger partial charge on any atom is 0.252 e. The van der Waals surface area contributed by atoms with Crippen molar-refractivity contribution >= 4 is 17.5 Å². The standard InChI is InChI=1S/C16H25N3O2/c1-10(2)9-18-15(20)12(4)19-16(21)14-7-6-13(17-5)8-11(14)3/h6-8,10,12,17H,9H2,1-5H3,(H,18,20)(H,19,21). The van der Waals surface area contributed by atoms with E-state index in [1.54, 1.807) is 13.0 Å². The van der Waals surface area contributed by atoms with E-state index in [4.69, 9.17) is 0 Å². The second-order valence-corrected chi connectivity index (χ2v) is 5.61. The van der Waals surface area contributed by atoms with E-state index in [1.165, 1.54) is 0 Å². The van der Waals surface area contributed by atoms with Crippen LogP contribution in [0.15, 0.2) is 18.2 Å². The van der Waals surface area contributed by atoms with Crippen LogP contribution in [0.5, 0.6) is 0 Å². The summed E-state index contributed by atoms with van der Waals surface area (Å²) in [4.78, 5) is 24.1. The lowest BCUT2D eigenvalue weighted by Crippen LogP contribution is -2.45. The van der Waals surface area contributed by atoms with Gasteiger partial charge in [0.05, 0.1) is 0 Å². The monoisotopic (exact) mass is 291 g/mol. The molecular formula is C16H25N3O2. The molecule has 116 valence electrons. The maximum atomic E-state index is 12.2. The number of anilines is 1. The average molecular weight is 291 g/mol. The van der Waals surface area contributed by atoms with Crippen LogP contribution in [0.3, 0.4) is 0 Å². The molecule has 0 saturated heterocycles. The number of carbonyl (C=O) groups excluding carboxylic acids is 2. The Labute approximate surface area is 126 Å². The molecule has 1 aromatic rings. The van der Waals surface area contributed by atoms with E-state index in [-0.39, 0.29) is 11.8 Å². The molecule has 2 amide bonds. The molecule has 0 heterocycles. The minimum atomic E-state index is -0.556. The van der Waals surface area contributed by atoms with Crippen LogP contribution in [0, 0.1) is 12.8 Å². The predicted octanol–water partition coefficient (Wildman–Crippen LogP) is 1.93. The molecule has 5 heteroatoms. The zero-order chi connectivity index (χ0) is 16.0. The van der Waals surface area contributed by atoms with Crippen LogP contribution in [0.2, 0.25) is 0 Å². The third-order valence-electron chi connectivity index (χ3n) is 3.19. The summed E-state index contributed by atoms with van der Waals surface area (Å²) >= 11 is 0. The molecule has 0 bridgehead atoms. The fourth-order valence-electron chi connectivity index (χ4n) is 1.87. The van der Waals surface area contributed by atoms with E-state index in [1.807, 2.05) is 40.0 Å². The van der Waals surface area contributed by atoms with Crippen molar-refractivity contribution in [2.24, 2.45) is 5.92 Å². The Hall–Kier alpha value is -2.04. The van der Waals surface area contributed by atoms with Gasteiger partial charge in [0.15, 0.2) is 0 Å². The van der Waals surface area contributed by atoms with Gasteiger partial charge < -0.3 is 16.0 Å². The van der Waals surface area contributed by atoms with Crippen molar-refractivity contribution in [3.63, 3.8) is 0 Å². The van der Waals surface area contributed by atoms with Gasteiger partial charge in [-0.15, -0.1) is 0 Å². The summed E-state index contributed by atoms with van der Waals surface area (Å²) in [6, 6.07) is 4.94. The molecule has 1 aromatic carbocycles. The first-order valence-corrected chi connectivity index (χ1v) is 7.22. The second kappa shape index (κ2) is 7.67. The SMILES string of the molecule is CNc1ccc(C(=O)NC(C)C(=O)NCC(C)C)c(C)c1. The number of aryl methyl sites for hydroxylation is 1. The number of rotatable bonds is 6. The van der Waals surface area contributed by atoms with Gasteiger partial charge >= 0.3 is 0 Å². The van der Waals surface area contributed by atoms with Gasteiger partial charge in [-0.3, -0.25) is 9.59 Å². The summed E-state index contributed by atoms with van der Waals surface area (Å²) in [5, 5.41) is 8.56. The van der Waals surface area contributed by atoms with E-state index in [0.717, 1.165) is 11.3 Å². The Morgan fingerprint density at radius 2 is 1.86 bits per heavy atom. The first-order valence-electron chi connectivity index (χ1n) is 7.22. The highest BCUT2D eigenvalue weighted by atomic mass is 16.2. The lowest BCUT2D eigenvalue weighted by molar-refractivity contribution is -0.122. The van der Waals surface area contributed by atoms with Gasteiger partial charge in [0.25, 0.3) is 5.91 Å². The molecule has 0 aromatic heterocycles. The zero-order valence-electron chi connectivity index (χ0n) is 13.4. The summed E-state index contributed by atoms with van der Waals surface area (Å²) in [7, 11) is 1.83. The summed E-state index contributed by atoms with van der Waals surface area (Å²) in [6.07, 6.45) is 0. The lowest BCUT2D eigenvalue weighted by atomic mass is 10.1. The highest BCUT2D eigenvalue weighted by molar-refractivity contribution is 5.98. The van der Waals surface area contributed by atoms with Crippen LogP contribution in [-0.4, -0.2) is 31.4 Å². The Kier molecular flexibility index (Phi) is 6.21. The van der Waals surface area contributed by atoms with Crippen LogP contribution in [-0.2, 0) is 4.79 Å². The van der Waals surface area contributed by atoms with Crippen LogP contribution in [0.4, 0.5) is 5.69 Å². The van der Waals surface area contributed by atoms with Crippen LogP contribution < -0.4 is 16.0 Å². The molecule has 1 rings (SSSR count). The van der Waals surface area contributed by atoms with Gasteiger partial charge in [0.1, 0.15) is 6.04 Å². The van der Waals surface area contributed by atoms with Gasteiger partial charge in [-0.25, -0.2) is 0 Å². The van der Waals surface area contributed by atoms with Crippen molar-refractivity contribution in [3.8, 4) is 0 Å². The lowest BCUT2D eigenvalue weighted by Gasteiger charge is -2.16. The summed E-state index contributed by atoms with van der Waals surface area (Å²) < 4.78 is 0. The van der Waals surface area contributed by atoms with Gasteiger partial charge in [-0.2, -0.15) is 0 Å². The normalized spacial score (nSPS) is 11.9. The van der Waals surface area contributed by atoms with Crippen LogP contribution in [0.25, 0.3) is 0 Å². The fraction of sp³-hybridized carbons (Fsp3) is 0.500. The number of carbonyl (C=O) groups is 2. The summed E-state index contributed by atoms with van der Waals surface area (Å²) in [6.45, 7) is 8.21. The molecule has 0 aliphatic rings. The van der Waals surface area contributed by atoms with E-state index in [2.05, 4.69) is 16.0 Å². The first kappa shape index (κ1) is 17.0. The number of nitrogens with one attached hydrogen (secondary N) is 3. The van der Waals surface area contributed by atoms with Gasteiger partial charge in [-0.1, -0.05) is 13.8 Å². The number of hydrogen-bond acceptors (Lipinski definition) is 3. The zero-order valence-corrected chi connectivity index (χ0v) is 13.4. The quantitative estimate of drug-likeness (QED) is 0.750. The van der Waals surface area contributed by atoms with Crippen LogP contribution >= 0.6 is 0 Å². The Balaban J connectivity index is 2.66. The first-order chi connectivity index (χ1) is 9.85. The highest BCUT2D eigenvalue weighted by Gasteiger charge is 2.17. The van der Waals surface area contributed by atoms with Crippen molar-refractivity contribution < 1.29 is 9.59 Å². The van der Waals surface area contributed by atoms with Crippen molar-refractivity contribution in [2.45, 2.75) is 33.7 Å². The van der Waals surface area contributed by atoms with Crippen molar-refractivity contribution in [2.75, 3.05) is 18.9 Å². The number of benzene rings is 1. The van der Waals surface area contributed by atoms with E-state index >= 15 is 0 Å². The average Bonchev–Trinajstić information content (AvgIpc) is 2.43. The van der Waals surface area contributed by atoms with E-state index in [9.17, 15) is 9.59 Å². The number of amides is 2. The highest BCUT2D eigenvalue weighted by Crippen LogP contribution is 2.14. The van der Waals surface area contributed by atoms with Crippen molar-refractivity contribution in [1.29, 1.82) is 0 Å². The molecular weight excluding hydrogens is 266 g/mol. The molecule has 3 N–H and O–H groups in total. The van der Waals surface area contributed by atoms with Gasteiger partial charge in [0.2, 0.25) is 5.91 Å². The minimum Gasteiger partial charge on any atom is -0.388 e. The summed E-state index contributed by atoms with van der Waals surface area (Å²) in [5.74, 6) is -0.0166. The predicted molar refractivity (Wildman–Crippen MR) is 85.5 cm³/mol. The molecule has 1 atom stereocenters. The molecule has 0 aliphatic carbocycles. The molecule has 0 fully saturated rings. The van der Waals surface area contributed by atoms with E-state index in [0.29, 0.717) is 18.0 Å². The maximum absolute atomic E-state index is 12.2. The van der Waals surface area contributed by atoms with Crippen molar-refractivity contribution in [3.05, 3.63) is 29.3 Å². The topological polar surface area (TPSA) is 70.2 Å². The largest absolute Gasteiger partial charge is 0.388 e. The smallest absolute Gasteiger partial charge is 0.252 e. The second-order valence-electron chi connectivity index (χ2n) is 5.61. The number of hydrogen-bond donors (Lipinski definition) is 3. The minimum absolute atomic E-state index is 0.165. The Morgan fingerprint density at radius 1 is 1.19 bits per heavy atom. The van der Waals surface area contributed by atoms with Crippen LogP contribution in [0.1, 0.15) is 36.7 Å². The molecule has 0 radical (unpaired) electrons. The van der Waals surface area contributed by atoms with Gasteiger partial charge in [0, 0.05) is 24.8 Å². The summed E-state index contributed by atoms with van der Waals surface area (Å²) in [5.41, 5.74) is 2.40. The molecule has 0 aliphatic heterocycles. The molecule has 0 spiro atoms.